The van der Waals surface area contributed by atoms with Gasteiger partial charge in [-0.05, 0) is 40.5 Å². The number of carbonyl (C=O) groups is 1. The van der Waals surface area contributed by atoms with Gasteiger partial charge in [0.1, 0.15) is 48.4 Å². The molecule has 5 rings (SSSR count). The summed E-state index contributed by atoms with van der Waals surface area (Å²) < 4.78 is 17.8. The lowest BCUT2D eigenvalue weighted by atomic mass is 10.1. The van der Waals surface area contributed by atoms with Crippen molar-refractivity contribution in [1.29, 1.82) is 0 Å². The normalized spacial score (nSPS) is 10.8. The number of hydrogen-bond donors (Lipinski definition) is 1. The molecule has 0 aliphatic heterocycles. The Hall–Kier alpha value is -5.29. The Morgan fingerprint density at radius 1 is 0.585 bits per heavy atom. The Morgan fingerprint density at radius 2 is 1.07 bits per heavy atom. The maximum atomic E-state index is 13.3. The molecule has 5 heteroatoms. The van der Waals surface area contributed by atoms with Crippen molar-refractivity contribution in [3.05, 3.63) is 161 Å². The van der Waals surface area contributed by atoms with E-state index in [-0.39, 0.29) is 29.5 Å². The molecule has 5 aromatic carbocycles. The van der Waals surface area contributed by atoms with Gasteiger partial charge >= 0.3 is 0 Å². The Bertz CT molecular complexity index is 1580. The van der Waals surface area contributed by atoms with Gasteiger partial charge in [-0.25, -0.2) is 0 Å². The van der Waals surface area contributed by atoms with Crippen LogP contribution in [-0.2, 0) is 19.8 Å². The van der Waals surface area contributed by atoms with Gasteiger partial charge in [-0.15, -0.1) is 0 Å². The molecule has 0 aliphatic carbocycles. The number of allylic oxidation sites excluding steroid dienone is 1. The van der Waals surface area contributed by atoms with E-state index in [4.69, 9.17) is 14.2 Å². The number of phenols is 1. The number of carbonyl (C=O) groups excluding carboxylic acids is 1. The summed E-state index contributed by atoms with van der Waals surface area (Å²) >= 11 is 0. The average molecular weight is 543 g/mol. The molecule has 0 aromatic heterocycles. The summed E-state index contributed by atoms with van der Waals surface area (Å²) in [6.07, 6.45) is 3.12. The van der Waals surface area contributed by atoms with E-state index in [1.165, 1.54) is 12.1 Å². The van der Waals surface area contributed by atoms with E-state index in [0.29, 0.717) is 19.0 Å². The molecule has 204 valence electrons. The Balaban J connectivity index is 1.30. The van der Waals surface area contributed by atoms with Gasteiger partial charge in [0, 0.05) is 12.1 Å². The van der Waals surface area contributed by atoms with Crippen LogP contribution in [0.3, 0.4) is 0 Å². The molecule has 0 heterocycles. The first-order chi connectivity index (χ1) is 20.1. The van der Waals surface area contributed by atoms with Crippen LogP contribution < -0.4 is 14.2 Å². The van der Waals surface area contributed by atoms with Crippen molar-refractivity contribution in [2.45, 2.75) is 19.8 Å². The number of ketones is 1. The maximum absolute atomic E-state index is 13.3. The van der Waals surface area contributed by atoms with Crippen LogP contribution in [0.25, 0.3) is 6.08 Å². The van der Waals surface area contributed by atoms with Crippen molar-refractivity contribution in [3.63, 3.8) is 0 Å². The van der Waals surface area contributed by atoms with Crippen LogP contribution in [0.4, 0.5) is 0 Å². The highest BCUT2D eigenvalue weighted by atomic mass is 16.5. The molecule has 0 spiro atoms. The molecular formula is C36H30O5. The highest BCUT2D eigenvalue weighted by Crippen LogP contribution is 2.35. The third-order valence-corrected chi connectivity index (χ3v) is 6.34. The molecule has 0 unspecified atom stereocenters. The fourth-order valence-electron chi connectivity index (χ4n) is 4.17. The number of hydrogen-bond acceptors (Lipinski definition) is 5. The zero-order valence-corrected chi connectivity index (χ0v) is 22.5. The molecular weight excluding hydrogens is 512 g/mol. The molecule has 0 bridgehead atoms. The van der Waals surface area contributed by atoms with Crippen molar-refractivity contribution in [1.82, 2.24) is 0 Å². The van der Waals surface area contributed by atoms with Gasteiger partial charge in [0.05, 0.1) is 0 Å². The van der Waals surface area contributed by atoms with Gasteiger partial charge in [-0.2, -0.15) is 0 Å². The highest BCUT2D eigenvalue weighted by molar-refractivity contribution is 6.10. The maximum Gasteiger partial charge on any atom is 0.193 e. The number of rotatable bonds is 12. The topological polar surface area (TPSA) is 65.0 Å². The van der Waals surface area contributed by atoms with Crippen LogP contribution in [0.5, 0.6) is 23.0 Å². The molecule has 0 saturated heterocycles. The molecule has 0 amide bonds. The molecule has 0 radical (unpaired) electrons. The fraction of sp³-hybridized carbons (Fsp3) is 0.0833. The van der Waals surface area contributed by atoms with Crippen LogP contribution >= 0.6 is 0 Å². The zero-order valence-electron chi connectivity index (χ0n) is 22.5. The second-order valence-corrected chi connectivity index (χ2v) is 9.40. The lowest BCUT2D eigenvalue weighted by Gasteiger charge is -2.14. The largest absolute Gasteiger partial charge is 0.507 e. The van der Waals surface area contributed by atoms with Gasteiger partial charge in [0.25, 0.3) is 0 Å². The minimum Gasteiger partial charge on any atom is -0.507 e. The van der Waals surface area contributed by atoms with E-state index in [2.05, 4.69) is 0 Å². The predicted molar refractivity (Wildman–Crippen MR) is 160 cm³/mol. The molecule has 0 saturated carbocycles. The fourth-order valence-corrected chi connectivity index (χ4v) is 4.17. The zero-order chi connectivity index (χ0) is 28.3. The minimum absolute atomic E-state index is 0.0760. The standard InChI is InChI=1S/C36H30O5/c37-33(21-18-27-16-19-31(20-17-27)39-24-28-10-4-1-5-11-28)36-34(38)22-32(40-25-29-12-6-2-7-13-29)23-35(36)41-26-30-14-8-3-9-15-30/h1-23,38H,24-26H2/b21-18+. The number of benzene rings is 5. The summed E-state index contributed by atoms with van der Waals surface area (Å²) in [4.78, 5) is 13.3. The quantitative estimate of drug-likeness (QED) is 0.128. The molecule has 0 aliphatic rings. The first-order valence-corrected chi connectivity index (χ1v) is 13.3. The predicted octanol–water partition coefficient (Wildman–Crippen LogP) is 8.03. The van der Waals surface area contributed by atoms with E-state index >= 15 is 0 Å². The summed E-state index contributed by atoms with van der Waals surface area (Å²) in [6.45, 7) is 1.03. The van der Waals surface area contributed by atoms with Gasteiger partial charge in [-0.1, -0.05) is 109 Å². The molecule has 0 atom stereocenters. The lowest BCUT2D eigenvalue weighted by molar-refractivity contribution is 0.104. The van der Waals surface area contributed by atoms with Crippen molar-refractivity contribution in [3.8, 4) is 23.0 Å². The summed E-state index contributed by atoms with van der Waals surface area (Å²) in [7, 11) is 0. The number of phenolic OH excluding ortho intramolecular Hbond substituents is 1. The second-order valence-electron chi connectivity index (χ2n) is 9.40. The SMILES string of the molecule is O=C(/C=C/c1ccc(OCc2ccccc2)cc1)c1c(O)cc(OCc2ccccc2)cc1OCc1ccccc1. The second kappa shape index (κ2) is 13.7. The highest BCUT2D eigenvalue weighted by Gasteiger charge is 2.19. The Kier molecular flexibility index (Phi) is 9.10. The van der Waals surface area contributed by atoms with Crippen molar-refractivity contribution in [2.75, 3.05) is 0 Å². The first-order valence-electron chi connectivity index (χ1n) is 13.3. The van der Waals surface area contributed by atoms with E-state index < -0.39 is 0 Å². The van der Waals surface area contributed by atoms with Gasteiger partial charge in [-0.3, -0.25) is 4.79 Å². The summed E-state index contributed by atoms with van der Waals surface area (Å²) in [5, 5.41) is 10.9. The minimum atomic E-state index is -0.385. The van der Waals surface area contributed by atoms with Crippen LogP contribution in [0.15, 0.2) is 133 Å². The number of ether oxygens (including phenoxy) is 3. The number of aromatic hydroxyl groups is 1. The van der Waals surface area contributed by atoms with E-state index in [1.807, 2.05) is 115 Å². The van der Waals surface area contributed by atoms with Gasteiger partial charge in [0.2, 0.25) is 0 Å². The van der Waals surface area contributed by atoms with Crippen molar-refractivity contribution >= 4 is 11.9 Å². The van der Waals surface area contributed by atoms with Crippen LogP contribution in [0.2, 0.25) is 0 Å². The van der Waals surface area contributed by atoms with Gasteiger partial charge in [0.15, 0.2) is 5.78 Å². The molecule has 41 heavy (non-hydrogen) atoms. The smallest absolute Gasteiger partial charge is 0.193 e. The molecule has 5 aromatic rings. The Labute approximate surface area is 239 Å². The first kappa shape index (κ1) is 27.3. The summed E-state index contributed by atoms with van der Waals surface area (Å²) in [5.41, 5.74) is 3.90. The van der Waals surface area contributed by atoms with E-state index in [0.717, 1.165) is 28.0 Å². The molecule has 5 nitrogen and oxygen atoms in total. The summed E-state index contributed by atoms with van der Waals surface area (Å²) in [6, 6.07) is 39.8. The Morgan fingerprint density at radius 3 is 1.61 bits per heavy atom. The third-order valence-electron chi connectivity index (χ3n) is 6.34. The van der Waals surface area contributed by atoms with Crippen molar-refractivity contribution < 1.29 is 24.1 Å². The van der Waals surface area contributed by atoms with Crippen LogP contribution in [-0.4, -0.2) is 10.9 Å². The van der Waals surface area contributed by atoms with Crippen LogP contribution in [0, 0.1) is 0 Å². The molecule has 0 fully saturated rings. The molecule has 1 N–H and O–H groups in total. The monoisotopic (exact) mass is 542 g/mol. The lowest BCUT2D eigenvalue weighted by Crippen LogP contribution is -2.04. The summed E-state index contributed by atoms with van der Waals surface area (Å²) in [5.74, 6) is 0.789. The van der Waals surface area contributed by atoms with Crippen LogP contribution in [0.1, 0.15) is 32.6 Å². The average Bonchev–Trinajstić information content (AvgIpc) is 3.02. The van der Waals surface area contributed by atoms with E-state index in [1.54, 1.807) is 12.1 Å². The van der Waals surface area contributed by atoms with E-state index in [9.17, 15) is 9.90 Å². The van der Waals surface area contributed by atoms with Crippen molar-refractivity contribution in [2.24, 2.45) is 0 Å². The van der Waals surface area contributed by atoms with Gasteiger partial charge < -0.3 is 19.3 Å². The third kappa shape index (κ3) is 7.87.